The highest BCUT2D eigenvalue weighted by molar-refractivity contribution is 7.92. The van der Waals surface area contributed by atoms with Gasteiger partial charge in [0, 0.05) is 0 Å². The lowest BCUT2D eigenvalue weighted by molar-refractivity contribution is 0.597. The van der Waals surface area contributed by atoms with Gasteiger partial charge in [-0.2, -0.15) is 0 Å². The third-order valence-corrected chi connectivity index (χ3v) is 7.44. The van der Waals surface area contributed by atoms with Crippen molar-refractivity contribution < 1.29 is 8.42 Å². The second kappa shape index (κ2) is 7.46. The summed E-state index contributed by atoms with van der Waals surface area (Å²) in [6, 6.07) is 22.2. The average Bonchev–Trinajstić information content (AvgIpc) is 3.05. The molecule has 32 heavy (non-hydrogen) atoms. The number of benzene rings is 3. The number of sulfone groups is 1. The van der Waals surface area contributed by atoms with Crippen LogP contribution in [0, 0.1) is 13.8 Å². The molecule has 0 saturated carbocycles. The number of anilines is 1. The number of rotatable bonds is 4. The van der Waals surface area contributed by atoms with E-state index in [1.54, 1.807) is 28.8 Å². The molecule has 7 heteroatoms. The Morgan fingerprint density at radius 3 is 2.00 bits per heavy atom. The summed E-state index contributed by atoms with van der Waals surface area (Å²) >= 11 is 0. The van der Waals surface area contributed by atoms with Crippen LogP contribution in [0.3, 0.4) is 0 Å². The zero-order chi connectivity index (χ0) is 22.5. The normalized spacial score (nSPS) is 11.9. The summed E-state index contributed by atoms with van der Waals surface area (Å²) in [5, 5.41) is 0. The van der Waals surface area contributed by atoms with Gasteiger partial charge in [-0.15, -0.1) is 0 Å². The summed E-state index contributed by atoms with van der Waals surface area (Å²) in [7, 11) is -3.91. The third-order valence-electron chi connectivity index (χ3n) is 5.61. The standard InChI is InChI=1S/C25H22N4O2S/c1-16-7-11-18(12-8-16)15-29-24(26)23(32(30,31)19-13-9-17(2)10-14-19)22-25(29)28-21-6-4-3-5-20(21)27-22/h3-14H,15,26H2,1-2H3. The minimum absolute atomic E-state index is 0.00159. The smallest absolute Gasteiger partial charge is 0.212 e. The average molecular weight is 443 g/mol. The molecule has 0 amide bonds. The number of aryl methyl sites for hydroxylation is 2. The van der Waals surface area contributed by atoms with Gasteiger partial charge < -0.3 is 10.3 Å². The third kappa shape index (κ3) is 3.31. The Kier molecular flexibility index (Phi) is 4.71. The Hall–Kier alpha value is -3.71. The molecule has 0 aliphatic heterocycles. The van der Waals surface area contributed by atoms with Gasteiger partial charge in [-0.25, -0.2) is 18.4 Å². The van der Waals surface area contributed by atoms with Crippen LogP contribution in [0.1, 0.15) is 16.7 Å². The first-order chi connectivity index (χ1) is 15.3. The molecule has 0 aliphatic rings. The van der Waals surface area contributed by atoms with E-state index in [0.29, 0.717) is 23.2 Å². The van der Waals surface area contributed by atoms with Gasteiger partial charge in [-0.05, 0) is 43.7 Å². The molecule has 0 fully saturated rings. The zero-order valence-corrected chi connectivity index (χ0v) is 18.6. The van der Waals surface area contributed by atoms with Crippen molar-refractivity contribution in [2.75, 3.05) is 5.73 Å². The molecule has 0 atom stereocenters. The maximum Gasteiger partial charge on any atom is 0.212 e. The highest BCUT2D eigenvalue weighted by Crippen LogP contribution is 2.35. The first-order valence-corrected chi connectivity index (χ1v) is 11.7. The topological polar surface area (TPSA) is 90.9 Å². The molecule has 0 spiro atoms. The quantitative estimate of drug-likeness (QED) is 0.437. The summed E-state index contributed by atoms with van der Waals surface area (Å²) in [6.07, 6.45) is 0. The largest absolute Gasteiger partial charge is 0.384 e. The van der Waals surface area contributed by atoms with Crippen molar-refractivity contribution in [3.8, 4) is 0 Å². The maximum absolute atomic E-state index is 13.7. The molecule has 6 nitrogen and oxygen atoms in total. The molecule has 0 aliphatic carbocycles. The molecule has 5 rings (SSSR count). The number of hydrogen-bond acceptors (Lipinski definition) is 5. The first-order valence-electron chi connectivity index (χ1n) is 10.3. The predicted molar refractivity (Wildman–Crippen MR) is 126 cm³/mol. The van der Waals surface area contributed by atoms with Crippen LogP contribution >= 0.6 is 0 Å². The molecule has 0 radical (unpaired) electrons. The molecular formula is C25H22N4O2S. The molecule has 2 aromatic heterocycles. The lowest BCUT2D eigenvalue weighted by Crippen LogP contribution is -2.09. The Labute approximate surface area is 186 Å². The summed E-state index contributed by atoms with van der Waals surface area (Å²) < 4.78 is 29.1. The Morgan fingerprint density at radius 2 is 1.38 bits per heavy atom. The van der Waals surface area contributed by atoms with Crippen LogP contribution in [0.4, 0.5) is 5.82 Å². The van der Waals surface area contributed by atoms with Crippen molar-refractivity contribution in [3.63, 3.8) is 0 Å². The van der Waals surface area contributed by atoms with Crippen LogP contribution in [-0.2, 0) is 16.4 Å². The number of nitrogens with two attached hydrogens (primary N) is 1. The summed E-state index contributed by atoms with van der Waals surface area (Å²) in [5.74, 6) is 0.136. The van der Waals surface area contributed by atoms with Crippen LogP contribution in [0.25, 0.3) is 22.2 Å². The van der Waals surface area contributed by atoms with Crippen LogP contribution in [-0.4, -0.2) is 23.0 Å². The second-order valence-corrected chi connectivity index (χ2v) is 9.87. The number of hydrogen-bond donors (Lipinski definition) is 1. The van der Waals surface area contributed by atoms with Gasteiger partial charge in [0.25, 0.3) is 0 Å². The van der Waals surface area contributed by atoms with Gasteiger partial charge in [0.1, 0.15) is 16.2 Å². The van der Waals surface area contributed by atoms with E-state index in [-0.39, 0.29) is 21.1 Å². The highest BCUT2D eigenvalue weighted by atomic mass is 32.2. The Morgan fingerprint density at radius 1 is 0.812 bits per heavy atom. The fraction of sp³-hybridized carbons (Fsp3) is 0.120. The summed E-state index contributed by atoms with van der Waals surface area (Å²) in [5.41, 5.74) is 11.7. The van der Waals surface area contributed by atoms with E-state index in [1.165, 1.54) is 0 Å². The number of aromatic nitrogens is 3. The predicted octanol–water partition coefficient (Wildman–Crippen LogP) is 4.66. The van der Waals surface area contributed by atoms with Crippen LogP contribution in [0.2, 0.25) is 0 Å². The fourth-order valence-electron chi connectivity index (χ4n) is 3.83. The van der Waals surface area contributed by atoms with Crippen molar-refractivity contribution in [2.45, 2.75) is 30.2 Å². The van der Waals surface area contributed by atoms with Crippen LogP contribution in [0.15, 0.2) is 82.6 Å². The van der Waals surface area contributed by atoms with Crippen LogP contribution < -0.4 is 5.73 Å². The van der Waals surface area contributed by atoms with E-state index in [4.69, 9.17) is 10.7 Å². The second-order valence-electron chi connectivity index (χ2n) is 7.99. The van der Waals surface area contributed by atoms with E-state index >= 15 is 0 Å². The van der Waals surface area contributed by atoms with Crippen molar-refractivity contribution in [3.05, 3.63) is 89.5 Å². The molecule has 0 bridgehead atoms. The Bertz CT molecular complexity index is 1570. The molecule has 160 valence electrons. The number of nitrogens with zero attached hydrogens (tertiary/aromatic N) is 3. The van der Waals surface area contributed by atoms with Gasteiger partial charge in [0.05, 0.1) is 22.5 Å². The summed E-state index contributed by atoms with van der Waals surface area (Å²) in [4.78, 5) is 9.61. The zero-order valence-electron chi connectivity index (χ0n) is 17.8. The van der Waals surface area contributed by atoms with Crippen molar-refractivity contribution in [1.29, 1.82) is 0 Å². The van der Waals surface area contributed by atoms with Gasteiger partial charge in [0.2, 0.25) is 9.84 Å². The number of fused-ring (bicyclic) bond motifs is 2. The van der Waals surface area contributed by atoms with Gasteiger partial charge in [-0.1, -0.05) is 59.7 Å². The number of para-hydroxylation sites is 2. The molecule has 2 heterocycles. The van der Waals surface area contributed by atoms with E-state index in [0.717, 1.165) is 16.7 Å². The maximum atomic E-state index is 13.7. The SMILES string of the molecule is Cc1ccc(Cn2c(N)c(S(=O)(=O)c3ccc(C)cc3)c3nc4ccccc4nc32)cc1. The Balaban J connectivity index is 1.80. The van der Waals surface area contributed by atoms with Gasteiger partial charge in [0.15, 0.2) is 5.65 Å². The van der Waals surface area contributed by atoms with Crippen molar-refractivity contribution >= 4 is 37.9 Å². The van der Waals surface area contributed by atoms with Crippen molar-refractivity contribution in [1.82, 2.24) is 14.5 Å². The van der Waals surface area contributed by atoms with E-state index in [2.05, 4.69) is 4.98 Å². The molecular weight excluding hydrogens is 420 g/mol. The van der Waals surface area contributed by atoms with Gasteiger partial charge >= 0.3 is 0 Å². The lowest BCUT2D eigenvalue weighted by Gasteiger charge is -2.09. The lowest BCUT2D eigenvalue weighted by atomic mass is 10.1. The van der Waals surface area contributed by atoms with Gasteiger partial charge in [-0.3, -0.25) is 0 Å². The minimum atomic E-state index is -3.91. The minimum Gasteiger partial charge on any atom is -0.384 e. The van der Waals surface area contributed by atoms with Crippen LogP contribution in [0.5, 0.6) is 0 Å². The van der Waals surface area contributed by atoms with E-state index in [9.17, 15) is 8.42 Å². The molecule has 5 aromatic rings. The highest BCUT2D eigenvalue weighted by Gasteiger charge is 2.30. The molecule has 2 N–H and O–H groups in total. The summed E-state index contributed by atoms with van der Waals surface area (Å²) in [6.45, 7) is 4.32. The van der Waals surface area contributed by atoms with Crippen molar-refractivity contribution in [2.24, 2.45) is 0 Å². The molecule has 0 saturated heterocycles. The first kappa shape index (κ1) is 20.2. The van der Waals surface area contributed by atoms with E-state index in [1.807, 2.05) is 62.4 Å². The monoisotopic (exact) mass is 442 g/mol. The van der Waals surface area contributed by atoms with E-state index < -0.39 is 9.84 Å². The molecule has 0 unspecified atom stereocenters. The fourth-order valence-corrected chi connectivity index (χ4v) is 5.33. The molecule has 3 aromatic carbocycles. The number of nitrogen functional groups attached to an aromatic ring is 1.